The highest BCUT2D eigenvalue weighted by Crippen LogP contribution is 2.12. The van der Waals surface area contributed by atoms with Crippen LogP contribution in [0.4, 0.5) is 5.69 Å². The third kappa shape index (κ3) is 3.17. The zero-order valence-corrected chi connectivity index (χ0v) is 9.54. The molecule has 0 unspecified atom stereocenters. The van der Waals surface area contributed by atoms with Crippen molar-refractivity contribution < 1.29 is 5.03 Å². The number of pyridine rings is 1. The van der Waals surface area contributed by atoms with Crippen LogP contribution < -0.4 is 5.62 Å². The van der Waals surface area contributed by atoms with Crippen molar-refractivity contribution in [1.82, 2.24) is 14.5 Å². The smallest absolute Gasteiger partial charge is 0.279 e. The van der Waals surface area contributed by atoms with Gasteiger partial charge in [-0.1, -0.05) is 5.11 Å². The first kappa shape index (κ1) is 12.3. The van der Waals surface area contributed by atoms with Crippen molar-refractivity contribution in [2.75, 3.05) is 0 Å². The molecule has 2 heterocycles. The summed E-state index contributed by atoms with van der Waals surface area (Å²) in [5.41, 5.74) is 9.56. The molecule has 1 N–H and O–H groups in total. The second-order valence-corrected chi connectivity index (χ2v) is 3.49. The van der Waals surface area contributed by atoms with Gasteiger partial charge in [-0.2, -0.15) is 0 Å². The van der Waals surface area contributed by atoms with Crippen LogP contribution >= 0.6 is 0 Å². The lowest BCUT2D eigenvalue weighted by Gasteiger charge is -2.02. The van der Waals surface area contributed by atoms with Crippen LogP contribution in [0.3, 0.4) is 0 Å². The molecule has 10 heteroatoms. The normalized spacial score (nSPS) is 11.1. The van der Waals surface area contributed by atoms with E-state index in [4.69, 9.17) is 5.53 Å². The van der Waals surface area contributed by atoms with Gasteiger partial charge in [-0.25, -0.2) is 10.1 Å². The monoisotopic (exact) mass is 260 g/mol. The number of nitro groups is 1. The lowest BCUT2D eigenvalue weighted by Crippen LogP contribution is -2.20. The van der Waals surface area contributed by atoms with E-state index in [1.165, 1.54) is 12.4 Å². The number of hydrogen-bond donors (Lipinski definition) is 1. The fraction of sp³-hybridized carbons (Fsp3) is 0.111. The molecule has 0 saturated carbocycles. The van der Waals surface area contributed by atoms with E-state index in [1.807, 2.05) is 0 Å². The Hall–Kier alpha value is -3.13. The molecule has 0 bridgehead atoms. The summed E-state index contributed by atoms with van der Waals surface area (Å²) in [6.45, 7) is 0.317. The maximum absolute atomic E-state index is 10.3. The number of nitrogens with zero attached hydrogens (tertiary/aromatic N) is 7. The number of aromatic nitrogens is 3. The summed E-state index contributed by atoms with van der Waals surface area (Å²) in [6, 6.07) is 1.64. The van der Waals surface area contributed by atoms with Crippen molar-refractivity contribution in [1.29, 1.82) is 0 Å². The largest absolute Gasteiger partial charge is 0.326 e. The SMILES string of the molecule is [N-]=[N+]=Nc1cncc(Cn2cc[nH]/c2=N\[N+](=O)[O-])c1. The van der Waals surface area contributed by atoms with E-state index in [9.17, 15) is 10.1 Å². The molecule has 0 fully saturated rings. The molecule has 96 valence electrons. The minimum absolute atomic E-state index is 0.110. The highest BCUT2D eigenvalue weighted by molar-refractivity contribution is 5.36. The van der Waals surface area contributed by atoms with Gasteiger partial charge in [-0.3, -0.25) is 4.98 Å². The first-order valence-corrected chi connectivity index (χ1v) is 5.11. The quantitative estimate of drug-likeness (QED) is 0.291. The Labute approximate surface area is 105 Å². The summed E-state index contributed by atoms with van der Waals surface area (Å²) in [7, 11) is 0. The van der Waals surface area contributed by atoms with E-state index >= 15 is 0 Å². The number of imidazole rings is 1. The van der Waals surface area contributed by atoms with Crippen molar-refractivity contribution in [3.63, 3.8) is 0 Å². The van der Waals surface area contributed by atoms with E-state index in [2.05, 4.69) is 25.1 Å². The predicted octanol–water partition coefficient (Wildman–Crippen LogP) is 1.29. The topological polar surface area (TPSA) is 138 Å². The molecule has 0 saturated heterocycles. The minimum Gasteiger partial charge on any atom is -0.326 e. The van der Waals surface area contributed by atoms with Crippen LogP contribution in [-0.4, -0.2) is 19.6 Å². The molecular formula is C9H8N8O2. The molecular weight excluding hydrogens is 252 g/mol. The van der Waals surface area contributed by atoms with Crippen LogP contribution in [-0.2, 0) is 6.54 Å². The second kappa shape index (κ2) is 5.47. The molecule has 10 nitrogen and oxygen atoms in total. The number of nitrogens with one attached hydrogen (secondary N) is 1. The maximum atomic E-state index is 10.3. The van der Waals surface area contributed by atoms with Crippen LogP contribution in [0.15, 0.2) is 41.1 Å². The lowest BCUT2D eigenvalue weighted by molar-refractivity contribution is -0.491. The van der Waals surface area contributed by atoms with Gasteiger partial charge < -0.3 is 9.55 Å². The number of azide groups is 1. The Morgan fingerprint density at radius 2 is 2.42 bits per heavy atom. The molecule has 0 spiro atoms. The van der Waals surface area contributed by atoms with Gasteiger partial charge >= 0.3 is 0 Å². The molecule has 0 atom stereocenters. The Morgan fingerprint density at radius 1 is 1.58 bits per heavy atom. The first-order chi connectivity index (χ1) is 9.19. The Balaban J connectivity index is 2.31. The zero-order chi connectivity index (χ0) is 13.7. The minimum atomic E-state index is -0.781. The van der Waals surface area contributed by atoms with Crippen LogP contribution in [0.1, 0.15) is 5.56 Å². The van der Waals surface area contributed by atoms with E-state index in [0.717, 1.165) is 5.56 Å². The van der Waals surface area contributed by atoms with Crippen molar-refractivity contribution in [3.8, 4) is 0 Å². The van der Waals surface area contributed by atoms with E-state index in [0.29, 0.717) is 12.2 Å². The number of rotatable bonds is 4. The lowest BCUT2D eigenvalue weighted by atomic mass is 10.2. The summed E-state index contributed by atoms with van der Waals surface area (Å²) in [6.07, 6.45) is 6.15. The van der Waals surface area contributed by atoms with Crippen LogP contribution in [0.2, 0.25) is 0 Å². The summed E-state index contributed by atoms with van der Waals surface area (Å²) < 4.78 is 1.54. The molecule has 2 aromatic rings. The summed E-state index contributed by atoms with van der Waals surface area (Å²) in [5.74, 6) is 0. The molecule has 0 aliphatic rings. The predicted molar refractivity (Wildman–Crippen MR) is 63.5 cm³/mol. The second-order valence-electron chi connectivity index (χ2n) is 3.49. The molecule has 0 aliphatic carbocycles. The Bertz CT molecular complexity index is 709. The fourth-order valence-corrected chi connectivity index (χ4v) is 1.51. The molecule has 0 amide bonds. The van der Waals surface area contributed by atoms with Crippen LogP contribution in [0.5, 0.6) is 0 Å². The number of H-pyrrole nitrogens is 1. The molecule has 0 aliphatic heterocycles. The van der Waals surface area contributed by atoms with E-state index < -0.39 is 5.03 Å². The molecule has 2 aromatic heterocycles. The Morgan fingerprint density at radius 3 is 3.16 bits per heavy atom. The van der Waals surface area contributed by atoms with Crippen molar-refractivity contribution in [2.45, 2.75) is 6.54 Å². The van der Waals surface area contributed by atoms with Crippen LogP contribution in [0, 0.1) is 10.1 Å². The summed E-state index contributed by atoms with van der Waals surface area (Å²) in [5, 5.41) is 16.2. The molecule has 2 rings (SSSR count). The third-order valence-corrected chi connectivity index (χ3v) is 2.21. The molecule has 0 radical (unpaired) electrons. The van der Waals surface area contributed by atoms with Gasteiger partial charge in [0.25, 0.3) is 5.62 Å². The molecule has 19 heavy (non-hydrogen) atoms. The zero-order valence-electron chi connectivity index (χ0n) is 9.54. The van der Waals surface area contributed by atoms with E-state index in [-0.39, 0.29) is 5.62 Å². The fourth-order valence-electron chi connectivity index (χ4n) is 1.51. The number of aromatic amines is 1. The van der Waals surface area contributed by atoms with Gasteiger partial charge in [0.05, 0.1) is 12.2 Å². The molecule has 0 aromatic carbocycles. The highest BCUT2D eigenvalue weighted by atomic mass is 16.7. The average Bonchev–Trinajstić information content (AvgIpc) is 2.77. The standard InChI is InChI=1S/C9H8N8O2/c10-15-13-8-3-7(4-11-5-8)6-16-2-1-12-9(16)14-17(18)19/h1-5H,6H2,(H,12,14). The van der Waals surface area contributed by atoms with Gasteiger partial charge in [0, 0.05) is 29.7 Å². The average molecular weight is 260 g/mol. The summed E-state index contributed by atoms with van der Waals surface area (Å²) >= 11 is 0. The van der Waals surface area contributed by atoms with Crippen molar-refractivity contribution in [3.05, 3.63) is 62.6 Å². The summed E-state index contributed by atoms with van der Waals surface area (Å²) in [4.78, 5) is 19.6. The third-order valence-electron chi connectivity index (χ3n) is 2.21. The van der Waals surface area contributed by atoms with Gasteiger partial charge in [0.2, 0.25) is 0 Å². The first-order valence-electron chi connectivity index (χ1n) is 5.11. The van der Waals surface area contributed by atoms with Crippen molar-refractivity contribution in [2.24, 2.45) is 10.2 Å². The van der Waals surface area contributed by atoms with Crippen molar-refractivity contribution >= 4 is 5.69 Å². The van der Waals surface area contributed by atoms with Crippen LogP contribution in [0.25, 0.3) is 10.4 Å². The maximum Gasteiger partial charge on any atom is 0.279 e. The van der Waals surface area contributed by atoms with Gasteiger partial charge in [0.1, 0.15) is 5.10 Å². The van der Waals surface area contributed by atoms with Gasteiger partial charge in [-0.15, -0.1) is 0 Å². The van der Waals surface area contributed by atoms with E-state index in [1.54, 1.807) is 23.0 Å². The number of hydrogen-bond acceptors (Lipinski definition) is 4. The highest BCUT2D eigenvalue weighted by Gasteiger charge is 2.02. The van der Waals surface area contributed by atoms with Gasteiger partial charge in [0.15, 0.2) is 5.03 Å². The Kier molecular flexibility index (Phi) is 3.55. The van der Waals surface area contributed by atoms with Gasteiger partial charge in [-0.05, 0) is 17.2 Å².